The van der Waals surface area contributed by atoms with Crippen molar-refractivity contribution in [1.29, 1.82) is 0 Å². The Kier molecular flexibility index (Phi) is 4.37. The van der Waals surface area contributed by atoms with E-state index in [9.17, 15) is 0 Å². The smallest absolute Gasteiger partial charge is 0.134 e. The van der Waals surface area contributed by atoms with Gasteiger partial charge in [0.2, 0.25) is 0 Å². The summed E-state index contributed by atoms with van der Waals surface area (Å²) in [5.41, 5.74) is 0. The van der Waals surface area contributed by atoms with Gasteiger partial charge in [-0.05, 0) is 28.8 Å². The predicted molar refractivity (Wildman–Crippen MR) is 74.3 cm³/mol. The molecule has 0 aromatic carbocycles. The normalized spacial score (nSPS) is 17.4. The fourth-order valence-corrected chi connectivity index (χ4v) is 2.62. The first-order valence-corrected chi connectivity index (χ1v) is 7.25. The summed E-state index contributed by atoms with van der Waals surface area (Å²) in [6.07, 6.45) is 6.57. The van der Waals surface area contributed by atoms with Crippen LogP contribution in [0.1, 0.15) is 57.7 Å². The predicted octanol–water partition coefficient (Wildman–Crippen LogP) is 4.11. The lowest BCUT2D eigenvalue weighted by atomic mass is 9.95. The first kappa shape index (κ1) is 12.8. The van der Waals surface area contributed by atoms with Gasteiger partial charge in [-0.25, -0.2) is 9.97 Å². The summed E-state index contributed by atoms with van der Waals surface area (Å²) < 4.78 is 0.870. The van der Waals surface area contributed by atoms with E-state index in [-0.39, 0.29) is 0 Å². The highest BCUT2D eigenvalue weighted by Gasteiger charge is 2.14. The molecule has 1 fully saturated rings. The Morgan fingerprint density at radius 1 is 1.24 bits per heavy atom. The molecule has 1 N–H and O–H groups in total. The number of nitrogens with one attached hydrogen (secondary N) is 1. The first-order valence-electron chi connectivity index (χ1n) is 6.46. The van der Waals surface area contributed by atoms with E-state index in [2.05, 4.69) is 45.1 Å². The van der Waals surface area contributed by atoms with E-state index in [1.807, 2.05) is 6.07 Å². The lowest BCUT2D eigenvalue weighted by Crippen LogP contribution is -2.23. The second-order valence-electron chi connectivity index (χ2n) is 5.07. The van der Waals surface area contributed by atoms with E-state index in [0.29, 0.717) is 12.0 Å². The van der Waals surface area contributed by atoms with Crippen LogP contribution < -0.4 is 5.32 Å². The highest BCUT2D eigenvalue weighted by atomic mass is 79.9. The quantitative estimate of drug-likeness (QED) is 0.853. The molecule has 0 radical (unpaired) electrons. The minimum absolute atomic E-state index is 0.361. The molecule has 0 saturated heterocycles. The third kappa shape index (κ3) is 3.66. The maximum Gasteiger partial charge on any atom is 0.134 e. The van der Waals surface area contributed by atoms with E-state index in [1.54, 1.807) is 0 Å². The molecule has 1 aliphatic rings. The van der Waals surface area contributed by atoms with Gasteiger partial charge in [0.1, 0.15) is 16.2 Å². The van der Waals surface area contributed by atoms with Crippen LogP contribution in [0.2, 0.25) is 0 Å². The lowest BCUT2D eigenvalue weighted by molar-refractivity contribution is 0.461. The van der Waals surface area contributed by atoms with E-state index in [1.165, 1.54) is 32.1 Å². The molecule has 0 atom stereocenters. The summed E-state index contributed by atoms with van der Waals surface area (Å²) in [7, 11) is 0. The highest BCUT2D eigenvalue weighted by Crippen LogP contribution is 2.23. The molecule has 0 unspecified atom stereocenters. The van der Waals surface area contributed by atoms with E-state index < -0.39 is 0 Å². The second kappa shape index (κ2) is 5.80. The molecular weight excluding hydrogens is 278 g/mol. The number of aromatic nitrogens is 2. The van der Waals surface area contributed by atoms with Crippen molar-refractivity contribution >= 4 is 21.7 Å². The zero-order valence-electron chi connectivity index (χ0n) is 10.5. The van der Waals surface area contributed by atoms with Crippen LogP contribution in [0, 0.1) is 0 Å². The van der Waals surface area contributed by atoms with Crippen molar-refractivity contribution in [2.24, 2.45) is 0 Å². The van der Waals surface area contributed by atoms with Crippen LogP contribution in [-0.2, 0) is 0 Å². The van der Waals surface area contributed by atoms with Crippen LogP contribution in [0.15, 0.2) is 10.7 Å². The number of rotatable bonds is 3. The van der Waals surface area contributed by atoms with Crippen LogP contribution in [-0.4, -0.2) is 16.0 Å². The molecule has 0 spiro atoms. The zero-order chi connectivity index (χ0) is 12.3. The number of nitrogens with zero attached hydrogens (tertiary/aromatic N) is 2. The van der Waals surface area contributed by atoms with Crippen LogP contribution in [0.4, 0.5) is 5.82 Å². The summed E-state index contributed by atoms with van der Waals surface area (Å²) in [5.74, 6) is 2.22. The average molecular weight is 298 g/mol. The van der Waals surface area contributed by atoms with E-state index in [4.69, 9.17) is 0 Å². The van der Waals surface area contributed by atoms with Crippen molar-refractivity contribution in [3.8, 4) is 0 Å². The van der Waals surface area contributed by atoms with Gasteiger partial charge in [0.15, 0.2) is 0 Å². The Labute approximate surface area is 112 Å². The Bertz CT molecular complexity index is 373. The monoisotopic (exact) mass is 297 g/mol. The van der Waals surface area contributed by atoms with Crippen LogP contribution in [0.5, 0.6) is 0 Å². The van der Waals surface area contributed by atoms with Gasteiger partial charge in [-0.3, -0.25) is 0 Å². The molecule has 94 valence electrons. The summed E-state index contributed by atoms with van der Waals surface area (Å²) in [5, 5.41) is 3.54. The topological polar surface area (TPSA) is 37.8 Å². The number of hydrogen-bond acceptors (Lipinski definition) is 3. The van der Waals surface area contributed by atoms with Crippen molar-refractivity contribution in [3.05, 3.63) is 16.5 Å². The Morgan fingerprint density at radius 2 is 1.94 bits per heavy atom. The Balaban J connectivity index is 2.09. The molecule has 4 heteroatoms. The second-order valence-corrected chi connectivity index (χ2v) is 5.88. The van der Waals surface area contributed by atoms with Crippen LogP contribution >= 0.6 is 15.9 Å². The highest BCUT2D eigenvalue weighted by molar-refractivity contribution is 9.10. The summed E-state index contributed by atoms with van der Waals surface area (Å²) >= 11 is 3.46. The van der Waals surface area contributed by atoms with Crippen molar-refractivity contribution in [3.63, 3.8) is 0 Å². The number of anilines is 1. The standard InChI is InChI=1S/C13H20BrN3/c1-9(2)13-16-11(14)8-12(17-13)15-10-6-4-3-5-7-10/h8-10H,3-7H2,1-2H3,(H,15,16,17). The summed E-state index contributed by atoms with van der Waals surface area (Å²) in [6, 6.07) is 2.56. The molecule has 0 bridgehead atoms. The molecule has 0 amide bonds. The van der Waals surface area contributed by atoms with Crippen molar-refractivity contribution in [2.75, 3.05) is 5.32 Å². The molecular formula is C13H20BrN3. The van der Waals surface area contributed by atoms with Gasteiger partial charge >= 0.3 is 0 Å². The van der Waals surface area contributed by atoms with Gasteiger partial charge < -0.3 is 5.32 Å². The minimum Gasteiger partial charge on any atom is -0.367 e. The maximum atomic E-state index is 4.57. The minimum atomic E-state index is 0.361. The molecule has 3 nitrogen and oxygen atoms in total. The van der Waals surface area contributed by atoms with Gasteiger partial charge in [-0.1, -0.05) is 33.1 Å². The molecule has 2 rings (SSSR count). The fourth-order valence-electron chi connectivity index (χ4n) is 2.22. The van der Waals surface area contributed by atoms with Crippen molar-refractivity contribution < 1.29 is 0 Å². The van der Waals surface area contributed by atoms with Crippen molar-refractivity contribution in [2.45, 2.75) is 57.9 Å². The summed E-state index contributed by atoms with van der Waals surface area (Å²) in [4.78, 5) is 8.97. The maximum absolute atomic E-state index is 4.57. The SMILES string of the molecule is CC(C)c1nc(Br)cc(NC2CCCCC2)n1. The zero-order valence-corrected chi connectivity index (χ0v) is 12.1. The van der Waals surface area contributed by atoms with Crippen LogP contribution in [0.3, 0.4) is 0 Å². The van der Waals surface area contributed by atoms with Gasteiger partial charge in [-0.15, -0.1) is 0 Å². The Hall–Kier alpha value is -0.640. The molecule has 0 aliphatic heterocycles. The number of hydrogen-bond donors (Lipinski definition) is 1. The molecule has 1 aliphatic carbocycles. The average Bonchev–Trinajstić information content (AvgIpc) is 2.29. The van der Waals surface area contributed by atoms with E-state index in [0.717, 1.165) is 16.2 Å². The van der Waals surface area contributed by atoms with E-state index >= 15 is 0 Å². The van der Waals surface area contributed by atoms with Crippen molar-refractivity contribution in [1.82, 2.24) is 9.97 Å². The third-order valence-electron chi connectivity index (χ3n) is 3.19. The number of halogens is 1. The van der Waals surface area contributed by atoms with Gasteiger partial charge in [-0.2, -0.15) is 0 Å². The molecule has 1 aromatic heterocycles. The molecule has 1 heterocycles. The van der Waals surface area contributed by atoms with Gasteiger partial charge in [0, 0.05) is 18.0 Å². The fraction of sp³-hybridized carbons (Fsp3) is 0.692. The lowest BCUT2D eigenvalue weighted by Gasteiger charge is -2.23. The molecule has 17 heavy (non-hydrogen) atoms. The largest absolute Gasteiger partial charge is 0.367 e. The molecule has 1 aromatic rings. The van der Waals surface area contributed by atoms with Gasteiger partial charge in [0.25, 0.3) is 0 Å². The third-order valence-corrected chi connectivity index (χ3v) is 3.59. The molecule has 1 saturated carbocycles. The summed E-state index contributed by atoms with van der Waals surface area (Å²) in [6.45, 7) is 4.23. The Morgan fingerprint density at radius 3 is 2.59 bits per heavy atom. The first-order chi connectivity index (χ1) is 8.15. The van der Waals surface area contributed by atoms with Crippen LogP contribution in [0.25, 0.3) is 0 Å². The van der Waals surface area contributed by atoms with Gasteiger partial charge in [0.05, 0.1) is 0 Å².